The average molecular weight is 193 g/mol. The number of allylic oxidation sites excluding steroid dienone is 3. The van der Waals surface area contributed by atoms with Crippen molar-refractivity contribution in [1.29, 1.82) is 0 Å². The quantitative estimate of drug-likeness (QED) is 0.409. The summed E-state index contributed by atoms with van der Waals surface area (Å²) in [6.45, 7) is 0. The molecule has 0 atom stereocenters. The van der Waals surface area contributed by atoms with E-state index in [4.69, 9.17) is 11.6 Å². The molecule has 1 aromatic rings. The molecular weight excluding hydrogens is 184 g/mol. The molecule has 0 radical (unpaired) electrons. The van der Waals surface area contributed by atoms with Crippen LogP contribution in [0, 0.1) is 0 Å². The van der Waals surface area contributed by atoms with Crippen LogP contribution in [0.3, 0.4) is 0 Å². The molecule has 0 unspecified atom stereocenters. The first kappa shape index (κ1) is 9.75. The third-order valence-corrected chi connectivity index (χ3v) is 1.71. The molecule has 13 heavy (non-hydrogen) atoms. The topological polar surface area (TPSA) is 17.1 Å². The summed E-state index contributed by atoms with van der Waals surface area (Å²) >= 11 is 5.71. The fourth-order valence-electron chi connectivity index (χ4n) is 0.850. The first-order valence-electron chi connectivity index (χ1n) is 3.87. The van der Waals surface area contributed by atoms with Crippen LogP contribution in [0.4, 0.5) is 0 Å². The van der Waals surface area contributed by atoms with E-state index in [1.54, 1.807) is 12.2 Å². The van der Waals surface area contributed by atoms with Crippen LogP contribution in [0.15, 0.2) is 42.5 Å². The lowest BCUT2D eigenvalue weighted by Gasteiger charge is -1.91. The van der Waals surface area contributed by atoms with Crippen molar-refractivity contribution in [2.45, 2.75) is 0 Å². The normalized spacial score (nSPS) is 11.2. The Labute approximate surface area is 82.3 Å². The summed E-state index contributed by atoms with van der Waals surface area (Å²) in [5, 5.41) is 0.723. The number of aldehydes is 1. The second-order valence-electron chi connectivity index (χ2n) is 2.43. The summed E-state index contributed by atoms with van der Waals surface area (Å²) in [4.78, 5) is 9.92. The summed E-state index contributed by atoms with van der Waals surface area (Å²) in [7, 11) is 0. The van der Waals surface area contributed by atoms with Gasteiger partial charge in [-0.3, -0.25) is 4.79 Å². The predicted octanol–water partition coefficient (Wildman–Crippen LogP) is 3.11. The minimum atomic E-state index is 0.723. The van der Waals surface area contributed by atoms with Crippen molar-refractivity contribution in [3.63, 3.8) is 0 Å². The molecule has 2 heteroatoms. The van der Waals surface area contributed by atoms with E-state index in [2.05, 4.69) is 0 Å². The minimum absolute atomic E-state index is 0.723. The minimum Gasteiger partial charge on any atom is -0.299 e. The molecule has 66 valence electrons. The standard InChI is InChI=1S/C11H9ClO/c12-11-7-5-10(6-8-11)4-2-1-3-9-13/h1-9H. The zero-order valence-electron chi connectivity index (χ0n) is 6.98. The van der Waals surface area contributed by atoms with Gasteiger partial charge in [0, 0.05) is 5.02 Å². The number of benzene rings is 1. The summed E-state index contributed by atoms with van der Waals surface area (Å²) in [5.41, 5.74) is 1.06. The molecule has 0 amide bonds. The highest BCUT2D eigenvalue weighted by molar-refractivity contribution is 6.30. The van der Waals surface area contributed by atoms with Crippen molar-refractivity contribution >= 4 is 24.0 Å². The van der Waals surface area contributed by atoms with E-state index in [-0.39, 0.29) is 0 Å². The van der Waals surface area contributed by atoms with Gasteiger partial charge in [0.15, 0.2) is 0 Å². The average Bonchev–Trinajstić information content (AvgIpc) is 2.15. The SMILES string of the molecule is O=CC=CC=Cc1ccc(Cl)cc1. The maximum atomic E-state index is 9.92. The Morgan fingerprint density at radius 1 is 1.00 bits per heavy atom. The van der Waals surface area contributed by atoms with Crippen LogP contribution in [0.5, 0.6) is 0 Å². The number of hydrogen-bond donors (Lipinski definition) is 0. The van der Waals surface area contributed by atoms with E-state index < -0.39 is 0 Å². The van der Waals surface area contributed by atoms with E-state index in [0.29, 0.717) is 0 Å². The van der Waals surface area contributed by atoms with E-state index in [0.717, 1.165) is 16.9 Å². The van der Waals surface area contributed by atoms with Crippen molar-refractivity contribution in [3.8, 4) is 0 Å². The fourth-order valence-corrected chi connectivity index (χ4v) is 0.976. The van der Waals surface area contributed by atoms with Crippen molar-refractivity contribution < 1.29 is 4.79 Å². The molecule has 0 fully saturated rings. The van der Waals surface area contributed by atoms with Crippen molar-refractivity contribution in [2.75, 3.05) is 0 Å². The van der Waals surface area contributed by atoms with Crippen molar-refractivity contribution in [1.82, 2.24) is 0 Å². The molecule has 0 aromatic heterocycles. The zero-order valence-corrected chi connectivity index (χ0v) is 7.74. The second kappa shape index (κ2) is 5.33. The van der Waals surface area contributed by atoms with Gasteiger partial charge in [0.1, 0.15) is 6.29 Å². The number of carbonyl (C=O) groups is 1. The van der Waals surface area contributed by atoms with Gasteiger partial charge in [0.25, 0.3) is 0 Å². The lowest BCUT2D eigenvalue weighted by Crippen LogP contribution is -1.69. The summed E-state index contributed by atoms with van der Waals surface area (Å²) < 4.78 is 0. The number of halogens is 1. The smallest absolute Gasteiger partial charge is 0.142 e. The fraction of sp³-hybridized carbons (Fsp3) is 0. The number of hydrogen-bond acceptors (Lipinski definition) is 1. The summed E-state index contributed by atoms with van der Waals surface area (Å²) in [5.74, 6) is 0. The molecule has 0 N–H and O–H groups in total. The highest BCUT2D eigenvalue weighted by Crippen LogP contribution is 2.10. The third kappa shape index (κ3) is 3.72. The molecule has 0 heterocycles. The Balaban J connectivity index is 2.64. The lowest BCUT2D eigenvalue weighted by molar-refractivity contribution is -0.104. The Kier molecular flexibility index (Phi) is 4.00. The maximum absolute atomic E-state index is 9.92. The van der Waals surface area contributed by atoms with Crippen LogP contribution in [-0.4, -0.2) is 6.29 Å². The number of rotatable bonds is 3. The first-order valence-corrected chi connectivity index (χ1v) is 4.25. The van der Waals surface area contributed by atoms with Crippen LogP contribution in [0.25, 0.3) is 6.08 Å². The molecule has 0 bridgehead atoms. The summed E-state index contributed by atoms with van der Waals surface area (Å²) in [6, 6.07) is 7.47. The van der Waals surface area contributed by atoms with Crippen molar-refractivity contribution in [2.24, 2.45) is 0 Å². The molecule has 1 rings (SSSR count). The highest BCUT2D eigenvalue weighted by Gasteiger charge is 1.85. The molecule has 0 aliphatic carbocycles. The van der Waals surface area contributed by atoms with E-state index >= 15 is 0 Å². The Morgan fingerprint density at radius 2 is 1.69 bits per heavy atom. The number of carbonyl (C=O) groups excluding carboxylic acids is 1. The summed E-state index contributed by atoms with van der Waals surface area (Å²) in [6.07, 6.45) is 7.56. The molecule has 0 spiro atoms. The molecular formula is C11H9ClO. The van der Waals surface area contributed by atoms with E-state index in [1.807, 2.05) is 30.3 Å². The molecule has 0 aliphatic rings. The van der Waals surface area contributed by atoms with Gasteiger partial charge in [-0.1, -0.05) is 42.0 Å². The molecule has 1 aromatic carbocycles. The zero-order chi connectivity index (χ0) is 9.52. The van der Waals surface area contributed by atoms with E-state index in [9.17, 15) is 4.79 Å². The first-order chi connectivity index (χ1) is 6.33. The van der Waals surface area contributed by atoms with Crippen LogP contribution >= 0.6 is 11.6 Å². The van der Waals surface area contributed by atoms with Crippen LogP contribution in [-0.2, 0) is 4.79 Å². The highest BCUT2D eigenvalue weighted by atomic mass is 35.5. The third-order valence-electron chi connectivity index (χ3n) is 1.46. The lowest BCUT2D eigenvalue weighted by atomic mass is 10.2. The van der Waals surface area contributed by atoms with Crippen LogP contribution < -0.4 is 0 Å². The van der Waals surface area contributed by atoms with Gasteiger partial charge in [0.2, 0.25) is 0 Å². The Hall–Kier alpha value is -1.34. The largest absolute Gasteiger partial charge is 0.299 e. The van der Waals surface area contributed by atoms with Crippen LogP contribution in [0.2, 0.25) is 5.02 Å². The van der Waals surface area contributed by atoms with Gasteiger partial charge in [-0.2, -0.15) is 0 Å². The Bertz CT molecular complexity index is 322. The second-order valence-corrected chi connectivity index (χ2v) is 2.87. The maximum Gasteiger partial charge on any atom is 0.142 e. The molecule has 0 saturated carbocycles. The van der Waals surface area contributed by atoms with Crippen LogP contribution in [0.1, 0.15) is 5.56 Å². The Morgan fingerprint density at radius 3 is 2.31 bits per heavy atom. The van der Waals surface area contributed by atoms with Gasteiger partial charge in [0.05, 0.1) is 0 Å². The monoisotopic (exact) mass is 192 g/mol. The molecule has 1 nitrogen and oxygen atoms in total. The van der Waals surface area contributed by atoms with Gasteiger partial charge < -0.3 is 0 Å². The van der Waals surface area contributed by atoms with Crippen molar-refractivity contribution in [3.05, 3.63) is 53.1 Å². The van der Waals surface area contributed by atoms with Gasteiger partial charge in [-0.25, -0.2) is 0 Å². The van der Waals surface area contributed by atoms with Gasteiger partial charge >= 0.3 is 0 Å². The molecule has 0 saturated heterocycles. The molecule has 0 aliphatic heterocycles. The van der Waals surface area contributed by atoms with Gasteiger partial charge in [-0.05, 0) is 23.8 Å². The predicted molar refractivity (Wildman–Crippen MR) is 55.7 cm³/mol. The van der Waals surface area contributed by atoms with E-state index in [1.165, 1.54) is 6.08 Å². The van der Waals surface area contributed by atoms with Gasteiger partial charge in [-0.15, -0.1) is 0 Å².